The molecule has 37 heavy (non-hydrogen) atoms. The molecule has 4 aromatic heterocycles. The number of nitrogens with zero attached hydrogens (tertiary/aromatic N) is 6. The van der Waals surface area contributed by atoms with E-state index in [1.165, 1.54) is 37.6 Å². The smallest absolute Gasteiger partial charge is 0.184 e. The van der Waals surface area contributed by atoms with Gasteiger partial charge in [-0.2, -0.15) is 10.2 Å². The lowest BCUT2D eigenvalue weighted by Crippen LogP contribution is -2.31. The van der Waals surface area contributed by atoms with E-state index < -0.39 is 0 Å². The van der Waals surface area contributed by atoms with Gasteiger partial charge < -0.3 is 16.8 Å². The summed E-state index contributed by atoms with van der Waals surface area (Å²) in [7, 11) is 0. The molecule has 1 atom stereocenters. The molecule has 6 rings (SSSR count). The monoisotopic (exact) mass is 503 g/mol. The van der Waals surface area contributed by atoms with Gasteiger partial charge in [0.15, 0.2) is 17.4 Å². The molecular formula is C27H37N9O. The normalized spacial score (nSPS) is 18.6. The second kappa shape index (κ2) is 10.8. The van der Waals surface area contributed by atoms with E-state index >= 15 is 0 Å². The molecule has 10 nitrogen and oxygen atoms in total. The lowest BCUT2D eigenvalue weighted by Gasteiger charge is -2.22. The van der Waals surface area contributed by atoms with E-state index in [4.69, 9.17) is 11.5 Å². The highest BCUT2D eigenvalue weighted by Gasteiger charge is 2.26. The first-order valence-corrected chi connectivity index (χ1v) is 13.4. The Morgan fingerprint density at radius 1 is 0.919 bits per heavy atom. The van der Waals surface area contributed by atoms with Crippen LogP contribution >= 0.6 is 0 Å². The van der Waals surface area contributed by atoms with Gasteiger partial charge in [0.2, 0.25) is 0 Å². The zero-order valence-electron chi connectivity index (χ0n) is 21.8. The van der Waals surface area contributed by atoms with Gasteiger partial charge in [-0.15, -0.1) is 0 Å². The van der Waals surface area contributed by atoms with Crippen molar-refractivity contribution in [2.45, 2.75) is 65.2 Å². The third-order valence-corrected chi connectivity index (χ3v) is 7.75. The summed E-state index contributed by atoms with van der Waals surface area (Å²) in [6.45, 7) is 6.26. The van der Waals surface area contributed by atoms with Crippen LogP contribution in [-0.2, 0) is 6.42 Å². The Kier molecular flexibility index (Phi) is 7.36. The number of nitrogen functional groups attached to an aromatic ring is 2. The lowest BCUT2D eigenvalue weighted by molar-refractivity contribution is 0.0882. The lowest BCUT2D eigenvalue weighted by atomic mass is 9.85. The molecule has 1 saturated carbocycles. The van der Waals surface area contributed by atoms with Gasteiger partial charge in [-0.05, 0) is 88.2 Å². The highest BCUT2D eigenvalue weighted by Crippen LogP contribution is 2.29. The minimum atomic E-state index is 0.141. The van der Waals surface area contributed by atoms with Crippen LogP contribution in [0.3, 0.4) is 0 Å². The molecule has 196 valence electrons. The number of aryl methyl sites for hydroxylation is 2. The Labute approximate surface area is 216 Å². The third-order valence-electron chi connectivity index (χ3n) is 7.75. The number of fused-ring (bicyclic) bond motifs is 2. The van der Waals surface area contributed by atoms with Crippen molar-refractivity contribution in [3.63, 3.8) is 0 Å². The maximum atomic E-state index is 12.6. The number of anilines is 2. The fourth-order valence-corrected chi connectivity index (χ4v) is 5.88. The van der Waals surface area contributed by atoms with Gasteiger partial charge in [0.05, 0.1) is 0 Å². The van der Waals surface area contributed by atoms with Crippen LogP contribution in [0.4, 0.5) is 11.6 Å². The first-order chi connectivity index (χ1) is 17.9. The molecule has 10 heteroatoms. The van der Waals surface area contributed by atoms with E-state index in [1.54, 1.807) is 4.52 Å². The zero-order chi connectivity index (χ0) is 25.9. The number of nitrogens with one attached hydrogen (secondary N) is 1. The summed E-state index contributed by atoms with van der Waals surface area (Å²) in [6, 6.07) is 4.08. The molecule has 5 N–H and O–H groups in total. The van der Waals surface area contributed by atoms with Gasteiger partial charge in [0.1, 0.15) is 29.4 Å². The largest absolute Gasteiger partial charge is 0.382 e. The Morgan fingerprint density at radius 3 is 2.24 bits per heavy atom. The van der Waals surface area contributed by atoms with Gasteiger partial charge in [-0.25, -0.2) is 19.0 Å². The summed E-state index contributed by atoms with van der Waals surface area (Å²) in [4.78, 5) is 20.7. The third kappa shape index (κ3) is 5.16. The molecule has 0 radical (unpaired) electrons. The highest BCUT2D eigenvalue weighted by atomic mass is 16.1. The number of carbonyl (C=O) groups excluding carboxylic acids is 1. The second-order valence-corrected chi connectivity index (χ2v) is 10.5. The molecular weight excluding hydrogens is 466 g/mol. The number of aromatic nitrogens is 6. The van der Waals surface area contributed by atoms with Gasteiger partial charge >= 0.3 is 0 Å². The summed E-state index contributed by atoms with van der Waals surface area (Å²) >= 11 is 0. The van der Waals surface area contributed by atoms with Crippen molar-refractivity contribution >= 4 is 28.5 Å². The van der Waals surface area contributed by atoms with Crippen LogP contribution in [0.2, 0.25) is 0 Å². The van der Waals surface area contributed by atoms with Crippen LogP contribution in [0.5, 0.6) is 0 Å². The SMILES string of the molecule is Cc1cc(C(=O)C2CCCCC2)n2ncnc(N)c12.Cc1cc(CC2CCCNC2)n2ncnc(N)c12. The molecule has 0 aromatic carbocycles. The number of nitrogens with two attached hydrogens (primary N) is 2. The summed E-state index contributed by atoms with van der Waals surface area (Å²) in [5.41, 5.74) is 17.5. The van der Waals surface area contributed by atoms with Crippen molar-refractivity contribution in [3.8, 4) is 0 Å². The Morgan fingerprint density at radius 2 is 1.57 bits per heavy atom. The maximum Gasteiger partial charge on any atom is 0.184 e. The van der Waals surface area contributed by atoms with E-state index in [-0.39, 0.29) is 11.7 Å². The standard InChI is InChI=1S/C14H18N4O.C13H19N5/c1-9-7-11(13(19)10-5-3-2-4-6-10)18-12(9)14(15)16-8-17-18;1-9-5-11(6-10-3-2-4-15-7-10)18-12(9)13(14)16-8-17-18/h7-8,10H,2-6H2,1H3,(H2,15,16,17);5,8,10,15H,2-4,6-7H2,1H3,(H2,14,16,17). The Bertz CT molecular complexity index is 1390. The number of hydrogen-bond acceptors (Lipinski definition) is 8. The molecule has 5 heterocycles. The van der Waals surface area contributed by atoms with E-state index in [1.807, 2.05) is 17.5 Å². The highest BCUT2D eigenvalue weighted by molar-refractivity contribution is 5.98. The van der Waals surface area contributed by atoms with Crippen LogP contribution in [-0.4, -0.2) is 48.1 Å². The van der Waals surface area contributed by atoms with Gasteiger partial charge in [-0.1, -0.05) is 19.3 Å². The summed E-state index contributed by atoms with van der Waals surface area (Å²) < 4.78 is 3.60. The van der Waals surface area contributed by atoms with E-state index in [9.17, 15) is 4.79 Å². The quantitative estimate of drug-likeness (QED) is 0.359. The molecule has 1 aliphatic carbocycles. The fourth-order valence-electron chi connectivity index (χ4n) is 5.88. The average Bonchev–Trinajstić information content (AvgIpc) is 3.43. The van der Waals surface area contributed by atoms with Crippen molar-refractivity contribution in [1.82, 2.24) is 34.5 Å². The molecule has 0 amide bonds. The van der Waals surface area contributed by atoms with Gasteiger partial charge in [0.25, 0.3) is 0 Å². The van der Waals surface area contributed by atoms with Crippen LogP contribution in [0.1, 0.15) is 72.3 Å². The van der Waals surface area contributed by atoms with E-state index in [0.29, 0.717) is 23.2 Å². The summed E-state index contributed by atoms with van der Waals surface area (Å²) in [6.07, 6.45) is 12.1. The topological polar surface area (TPSA) is 142 Å². The molecule has 2 aliphatic rings. The molecule has 1 unspecified atom stereocenters. The summed E-state index contributed by atoms with van der Waals surface area (Å²) in [5, 5.41) is 12.0. The fraction of sp³-hybridized carbons (Fsp3) is 0.519. The number of rotatable bonds is 4. The van der Waals surface area contributed by atoms with Gasteiger partial charge in [0, 0.05) is 11.6 Å². The van der Waals surface area contributed by atoms with Crippen molar-refractivity contribution in [1.29, 1.82) is 0 Å². The number of hydrogen-bond donors (Lipinski definition) is 3. The van der Waals surface area contributed by atoms with E-state index in [2.05, 4.69) is 38.5 Å². The predicted octanol–water partition coefficient (Wildman–Crippen LogP) is 3.54. The van der Waals surface area contributed by atoms with Crippen LogP contribution < -0.4 is 16.8 Å². The van der Waals surface area contributed by atoms with E-state index in [0.717, 1.165) is 67.4 Å². The molecule has 2 fully saturated rings. The zero-order valence-corrected chi connectivity index (χ0v) is 21.8. The van der Waals surface area contributed by atoms with Crippen LogP contribution in [0, 0.1) is 25.7 Å². The van der Waals surface area contributed by atoms with Crippen LogP contribution in [0.15, 0.2) is 24.8 Å². The average molecular weight is 504 g/mol. The first kappa shape index (κ1) is 25.1. The molecule has 1 aliphatic heterocycles. The van der Waals surface area contributed by atoms with Gasteiger partial charge in [-0.3, -0.25) is 4.79 Å². The molecule has 4 aromatic rings. The minimum absolute atomic E-state index is 0.141. The molecule has 1 saturated heterocycles. The van der Waals surface area contributed by atoms with Crippen molar-refractivity contribution in [3.05, 3.63) is 47.3 Å². The summed E-state index contributed by atoms with van der Waals surface area (Å²) in [5.74, 6) is 2.03. The molecule has 0 bridgehead atoms. The minimum Gasteiger partial charge on any atom is -0.382 e. The van der Waals surface area contributed by atoms with Crippen LogP contribution in [0.25, 0.3) is 11.0 Å². The number of Topliss-reactive ketones (excluding diaryl/α,β-unsaturated/α-hetero) is 1. The number of carbonyl (C=O) groups is 1. The Hall–Kier alpha value is -3.53. The van der Waals surface area contributed by atoms with Crippen molar-refractivity contribution in [2.24, 2.45) is 11.8 Å². The van der Waals surface area contributed by atoms with Crippen molar-refractivity contribution in [2.75, 3.05) is 24.6 Å². The predicted molar refractivity (Wildman–Crippen MR) is 144 cm³/mol. The second-order valence-electron chi connectivity index (χ2n) is 10.5. The maximum absolute atomic E-state index is 12.6. The Balaban J connectivity index is 0.000000152. The molecule has 0 spiro atoms. The van der Waals surface area contributed by atoms with Crippen molar-refractivity contribution < 1.29 is 4.79 Å². The first-order valence-electron chi connectivity index (χ1n) is 13.4. The number of piperidine rings is 1. The number of ketones is 1.